The summed E-state index contributed by atoms with van der Waals surface area (Å²) in [5.41, 5.74) is 7.80. The third kappa shape index (κ3) is 5.09. The van der Waals surface area contributed by atoms with Gasteiger partial charge in [0.2, 0.25) is 5.91 Å². The molecule has 4 aromatic rings. The van der Waals surface area contributed by atoms with Gasteiger partial charge >= 0.3 is 6.18 Å². The first-order chi connectivity index (χ1) is 16.1. The Hall–Kier alpha value is -4.14. The average molecular weight is 466 g/mol. The number of hydrogen-bond donors (Lipinski definition) is 3. The number of nitrogens with two attached hydrogens (primary N) is 1. The largest absolute Gasteiger partial charge is 0.416 e. The summed E-state index contributed by atoms with van der Waals surface area (Å²) >= 11 is 0. The van der Waals surface area contributed by atoms with Crippen LogP contribution in [0.3, 0.4) is 0 Å². The molecule has 1 atom stereocenters. The number of aromatic nitrogens is 2. The van der Waals surface area contributed by atoms with Crippen LogP contribution in [0.15, 0.2) is 66.9 Å². The summed E-state index contributed by atoms with van der Waals surface area (Å²) in [6, 6.07) is 14.5. The third-order valence-electron chi connectivity index (χ3n) is 5.42. The van der Waals surface area contributed by atoms with Crippen LogP contribution in [-0.2, 0) is 17.4 Å². The summed E-state index contributed by atoms with van der Waals surface area (Å²) in [6.45, 7) is 1.60. The van der Waals surface area contributed by atoms with Crippen LogP contribution < -0.4 is 11.1 Å². The molecule has 34 heavy (non-hydrogen) atoms. The number of carbonyl (C=O) groups is 2. The molecule has 174 valence electrons. The van der Waals surface area contributed by atoms with Crippen molar-refractivity contribution in [1.29, 1.82) is 0 Å². The number of anilines is 1. The van der Waals surface area contributed by atoms with E-state index in [1.807, 2.05) is 30.5 Å². The number of pyridine rings is 1. The van der Waals surface area contributed by atoms with E-state index in [0.29, 0.717) is 16.9 Å². The normalized spacial score (nSPS) is 12.5. The van der Waals surface area contributed by atoms with Crippen LogP contribution in [-0.4, -0.2) is 27.7 Å². The molecule has 4 N–H and O–H groups in total. The van der Waals surface area contributed by atoms with Crippen LogP contribution in [0.4, 0.5) is 18.9 Å². The van der Waals surface area contributed by atoms with Gasteiger partial charge in [0.25, 0.3) is 0 Å². The SMILES string of the molecule is C[C@H](Nc1cc(C(=O)Cc2ccc(C(F)(F)F)cc2)nc(-c2ccc3[nH]ccc3c2)c1)C(N)=O. The highest BCUT2D eigenvalue weighted by Crippen LogP contribution is 2.30. The van der Waals surface area contributed by atoms with Gasteiger partial charge in [0.1, 0.15) is 11.7 Å². The molecule has 2 aromatic heterocycles. The van der Waals surface area contributed by atoms with Crippen molar-refractivity contribution in [2.45, 2.75) is 25.6 Å². The second-order valence-electron chi connectivity index (χ2n) is 7.97. The van der Waals surface area contributed by atoms with Crippen molar-refractivity contribution < 1.29 is 22.8 Å². The van der Waals surface area contributed by atoms with E-state index >= 15 is 0 Å². The van der Waals surface area contributed by atoms with Gasteiger partial charge in [0.05, 0.1) is 11.3 Å². The topological polar surface area (TPSA) is 101 Å². The lowest BCUT2D eigenvalue weighted by atomic mass is 10.0. The zero-order chi connectivity index (χ0) is 24.5. The van der Waals surface area contributed by atoms with Crippen LogP contribution in [0.5, 0.6) is 0 Å². The molecule has 0 aliphatic heterocycles. The summed E-state index contributed by atoms with van der Waals surface area (Å²) in [4.78, 5) is 32.2. The summed E-state index contributed by atoms with van der Waals surface area (Å²) in [5, 5.41) is 3.93. The van der Waals surface area contributed by atoms with Crippen molar-refractivity contribution in [2.24, 2.45) is 5.73 Å². The van der Waals surface area contributed by atoms with Crippen molar-refractivity contribution in [2.75, 3.05) is 5.32 Å². The Labute approximate surface area is 193 Å². The molecule has 0 aliphatic carbocycles. The lowest BCUT2D eigenvalue weighted by molar-refractivity contribution is -0.137. The van der Waals surface area contributed by atoms with Gasteiger partial charge in [0, 0.05) is 34.8 Å². The Morgan fingerprint density at radius 1 is 1.06 bits per heavy atom. The van der Waals surface area contributed by atoms with Gasteiger partial charge in [-0.25, -0.2) is 4.98 Å². The number of primary amides is 1. The number of nitrogens with one attached hydrogen (secondary N) is 2. The van der Waals surface area contributed by atoms with Crippen LogP contribution in [0.25, 0.3) is 22.2 Å². The fourth-order valence-electron chi connectivity index (χ4n) is 3.53. The second-order valence-corrected chi connectivity index (χ2v) is 7.97. The van der Waals surface area contributed by atoms with E-state index in [1.165, 1.54) is 18.2 Å². The molecular formula is C25H21F3N4O2. The van der Waals surface area contributed by atoms with Gasteiger partial charge in [-0.3, -0.25) is 9.59 Å². The van der Waals surface area contributed by atoms with E-state index in [1.54, 1.807) is 13.0 Å². The standard InChI is InChI=1S/C25H21F3N4O2/c1-14(24(29)34)31-19-12-21(16-4-7-20-17(11-16)8-9-30-20)32-22(13-19)23(33)10-15-2-5-18(6-3-15)25(26,27)28/h2-9,11-14,30H,10H2,1H3,(H2,29,34)(H,31,32)/t14-/m0/s1. The number of benzene rings is 2. The van der Waals surface area contributed by atoms with Crippen molar-refractivity contribution >= 4 is 28.3 Å². The van der Waals surface area contributed by atoms with E-state index in [4.69, 9.17) is 5.73 Å². The van der Waals surface area contributed by atoms with E-state index in [2.05, 4.69) is 15.3 Å². The number of rotatable bonds is 7. The maximum Gasteiger partial charge on any atom is 0.416 e. The molecule has 0 radical (unpaired) electrons. The van der Waals surface area contributed by atoms with E-state index in [9.17, 15) is 22.8 Å². The van der Waals surface area contributed by atoms with Crippen molar-refractivity contribution in [1.82, 2.24) is 9.97 Å². The molecule has 1 amide bonds. The van der Waals surface area contributed by atoms with Crippen LogP contribution in [0, 0.1) is 0 Å². The number of hydrogen-bond acceptors (Lipinski definition) is 4. The van der Waals surface area contributed by atoms with Gasteiger partial charge in [-0.1, -0.05) is 18.2 Å². The van der Waals surface area contributed by atoms with Crippen LogP contribution in [0.1, 0.15) is 28.5 Å². The summed E-state index contributed by atoms with van der Waals surface area (Å²) < 4.78 is 38.4. The zero-order valence-electron chi connectivity index (χ0n) is 18.1. The number of alkyl halides is 3. The number of aromatic amines is 1. The molecule has 0 spiro atoms. The van der Waals surface area contributed by atoms with Gasteiger partial charge in [0.15, 0.2) is 5.78 Å². The Bertz CT molecular complexity index is 1360. The number of halogens is 3. The molecular weight excluding hydrogens is 445 g/mol. The number of Topliss-reactive ketones (excluding diaryl/α,β-unsaturated/α-hetero) is 1. The molecule has 0 saturated carbocycles. The molecule has 2 heterocycles. The van der Waals surface area contributed by atoms with Crippen molar-refractivity contribution in [3.63, 3.8) is 0 Å². The van der Waals surface area contributed by atoms with Crippen LogP contribution >= 0.6 is 0 Å². The number of amides is 1. The molecule has 4 rings (SSSR count). The first-order valence-corrected chi connectivity index (χ1v) is 10.4. The predicted octanol–water partition coefficient (Wildman–Crippen LogP) is 4.96. The first kappa shape index (κ1) is 23.0. The van der Waals surface area contributed by atoms with Crippen LogP contribution in [0.2, 0.25) is 0 Å². The van der Waals surface area contributed by atoms with E-state index < -0.39 is 23.7 Å². The smallest absolute Gasteiger partial charge is 0.374 e. The molecule has 2 aromatic carbocycles. The lowest BCUT2D eigenvalue weighted by Gasteiger charge is -2.14. The van der Waals surface area contributed by atoms with Gasteiger partial charge in [-0.15, -0.1) is 0 Å². The minimum Gasteiger partial charge on any atom is -0.374 e. The van der Waals surface area contributed by atoms with Crippen molar-refractivity contribution in [3.05, 3.63) is 83.7 Å². The Kier molecular flexibility index (Phi) is 6.10. The monoisotopic (exact) mass is 466 g/mol. The number of nitrogens with zero attached hydrogens (tertiary/aromatic N) is 1. The lowest BCUT2D eigenvalue weighted by Crippen LogP contribution is -2.32. The summed E-state index contributed by atoms with van der Waals surface area (Å²) in [6.07, 6.45) is -2.76. The molecule has 6 nitrogen and oxygen atoms in total. The molecule has 0 saturated heterocycles. The minimum absolute atomic E-state index is 0.116. The molecule has 9 heteroatoms. The average Bonchev–Trinajstić information content (AvgIpc) is 3.26. The number of carbonyl (C=O) groups excluding carboxylic acids is 2. The molecule has 0 fully saturated rings. The maximum absolute atomic E-state index is 13.0. The number of ketones is 1. The molecule has 0 bridgehead atoms. The van der Waals surface area contributed by atoms with Gasteiger partial charge < -0.3 is 16.0 Å². The van der Waals surface area contributed by atoms with Gasteiger partial charge in [-0.2, -0.15) is 13.2 Å². The van der Waals surface area contributed by atoms with E-state index in [-0.39, 0.29) is 17.9 Å². The minimum atomic E-state index is -4.45. The maximum atomic E-state index is 13.0. The number of H-pyrrole nitrogens is 1. The van der Waals surface area contributed by atoms with E-state index in [0.717, 1.165) is 28.6 Å². The molecule has 0 aliphatic rings. The second kappa shape index (κ2) is 9.01. The van der Waals surface area contributed by atoms with Crippen molar-refractivity contribution in [3.8, 4) is 11.3 Å². The predicted molar refractivity (Wildman–Crippen MR) is 123 cm³/mol. The Morgan fingerprint density at radius 3 is 2.47 bits per heavy atom. The fraction of sp³-hybridized carbons (Fsp3) is 0.160. The highest BCUT2D eigenvalue weighted by atomic mass is 19.4. The Balaban J connectivity index is 1.67. The Morgan fingerprint density at radius 2 is 1.79 bits per heavy atom. The van der Waals surface area contributed by atoms with Gasteiger partial charge in [-0.05, 0) is 55.0 Å². The highest BCUT2D eigenvalue weighted by Gasteiger charge is 2.30. The summed E-state index contributed by atoms with van der Waals surface area (Å²) in [5.74, 6) is -0.941. The quantitative estimate of drug-likeness (QED) is 0.335. The summed E-state index contributed by atoms with van der Waals surface area (Å²) in [7, 11) is 0. The zero-order valence-corrected chi connectivity index (χ0v) is 18.1. The third-order valence-corrected chi connectivity index (χ3v) is 5.42. The fourth-order valence-corrected chi connectivity index (χ4v) is 3.53. The molecule has 0 unspecified atom stereocenters. The highest BCUT2D eigenvalue weighted by molar-refractivity contribution is 5.97. The first-order valence-electron chi connectivity index (χ1n) is 10.4. The number of fused-ring (bicyclic) bond motifs is 1.